The number of aliphatic carboxylic acids is 1. The van der Waals surface area contributed by atoms with Crippen molar-refractivity contribution in [2.24, 2.45) is 0 Å². The van der Waals surface area contributed by atoms with E-state index in [1.54, 1.807) is 0 Å². The molecular weight excluding hydrogens is 243 g/mol. The van der Waals surface area contributed by atoms with E-state index < -0.39 is 12.1 Å². The quantitative estimate of drug-likeness (QED) is 0.863. The molecule has 0 heterocycles. The Hall–Kier alpha value is -0.970. The summed E-state index contributed by atoms with van der Waals surface area (Å²) in [5.74, 6) is -1.24. The van der Waals surface area contributed by atoms with Gasteiger partial charge in [0.15, 0.2) is 6.10 Å². The molecule has 1 atom stereocenters. The lowest BCUT2D eigenvalue weighted by Crippen LogP contribution is -2.12. The van der Waals surface area contributed by atoms with E-state index in [1.165, 1.54) is 19.2 Å². The predicted octanol–water partition coefficient (Wildman–Crippen LogP) is 2.12. The van der Waals surface area contributed by atoms with Gasteiger partial charge in [-0.25, -0.2) is 4.79 Å². The van der Waals surface area contributed by atoms with Gasteiger partial charge < -0.3 is 14.9 Å². The second-order valence-corrected chi connectivity index (χ2v) is 3.50. The van der Waals surface area contributed by atoms with Crippen LogP contribution in [0.1, 0.15) is 11.7 Å². The zero-order chi connectivity index (χ0) is 11.6. The minimum atomic E-state index is -1.76. The van der Waals surface area contributed by atoms with E-state index in [4.69, 9.17) is 33.0 Å². The first-order valence-corrected chi connectivity index (χ1v) is 4.67. The van der Waals surface area contributed by atoms with E-state index in [0.717, 1.165) is 0 Å². The molecule has 0 saturated heterocycles. The van der Waals surface area contributed by atoms with E-state index in [9.17, 15) is 9.90 Å². The molecule has 6 heteroatoms. The van der Waals surface area contributed by atoms with Crippen LogP contribution in [-0.4, -0.2) is 23.3 Å². The first-order chi connectivity index (χ1) is 6.99. The Morgan fingerprint density at radius 3 is 2.53 bits per heavy atom. The minimum Gasteiger partial charge on any atom is -0.496 e. The van der Waals surface area contributed by atoms with E-state index in [2.05, 4.69) is 0 Å². The van der Waals surface area contributed by atoms with Crippen molar-refractivity contribution in [2.75, 3.05) is 7.11 Å². The van der Waals surface area contributed by atoms with Gasteiger partial charge in [0.2, 0.25) is 0 Å². The topological polar surface area (TPSA) is 66.8 Å². The fourth-order valence-electron chi connectivity index (χ4n) is 1.10. The molecule has 0 saturated carbocycles. The summed E-state index contributed by atoms with van der Waals surface area (Å²) < 4.78 is 4.89. The first kappa shape index (κ1) is 12.1. The van der Waals surface area contributed by atoms with Crippen LogP contribution in [0.3, 0.4) is 0 Å². The molecule has 0 spiro atoms. The van der Waals surface area contributed by atoms with Crippen LogP contribution in [0.4, 0.5) is 0 Å². The van der Waals surface area contributed by atoms with Crippen molar-refractivity contribution in [1.82, 2.24) is 0 Å². The standard InChI is InChI=1S/C9H8Cl2O4/c1-15-5-3-2-4(10)7(11)6(5)8(12)9(13)14/h2-3,8,12H,1H3,(H,13,14). The van der Waals surface area contributed by atoms with Crippen LogP contribution in [0.25, 0.3) is 0 Å². The minimum absolute atomic E-state index is 0.0223. The van der Waals surface area contributed by atoms with Gasteiger partial charge in [-0.05, 0) is 12.1 Å². The largest absolute Gasteiger partial charge is 0.496 e. The summed E-state index contributed by atoms with van der Waals surface area (Å²) in [5.41, 5.74) is -0.0424. The van der Waals surface area contributed by atoms with E-state index in [0.29, 0.717) is 0 Å². The van der Waals surface area contributed by atoms with E-state index >= 15 is 0 Å². The van der Waals surface area contributed by atoms with Crippen LogP contribution in [0.2, 0.25) is 10.0 Å². The van der Waals surface area contributed by atoms with Crippen molar-refractivity contribution in [3.63, 3.8) is 0 Å². The summed E-state index contributed by atoms with van der Waals surface area (Å²) >= 11 is 11.5. The molecular formula is C9H8Cl2O4. The van der Waals surface area contributed by atoms with Gasteiger partial charge in [0.1, 0.15) is 5.75 Å². The average molecular weight is 251 g/mol. The Balaban J connectivity index is 3.35. The molecule has 1 rings (SSSR count). The van der Waals surface area contributed by atoms with Crippen LogP contribution in [0.5, 0.6) is 5.75 Å². The van der Waals surface area contributed by atoms with E-state index in [-0.39, 0.29) is 21.4 Å². The molecule has 1 unspecified atom stereocenters. The number of hydrogen-bond donors (Lipinski definition) is 2. The van der Waals surface area contributed by atoms with Crippen LogP contribution in [-0.2, 0) is 4.79 Å². The number of carboxylic acids is 1. The van der Waals surface area contributed by atoms with Crippen LogP contribution in [0, 0.1) is 0 Å². The van der Waals surface area contributed by atoms with E-state index in [1.807, 2.05) is 0 Å². The second kappa shape index (κ2) is 4.70. The molecule has 15 heavy (non-hydrogen) atoms. The number of ether oxygens (including phenoxy) is 1. The molecule has 1 aromatic carbocycles. The van der Waals surface area contributed by atoms with Gasteiger partial charge in [0, 0.05) is 0 Å². The van der Waals surface area contributed by atoms with Crippen molar-refractivity contribution in [2.45, 2.75) is 6.10 Å². The lowest BCUT2D eigenvalue weighted by Gasteiger charge is -2.13. The van der Waals surface area contributed by atoms with Crippen molar-refractivity contribution in [1.29, 1.82) is 0 Å². The third kappa shape index (κ3) is 2.34. The van der Waals surface area contributed by atoms with Gasteiger partial charge >= 0.3 is 5.97 Å². The lowest BCUT2D eigenvalue weighted by atomic mass is 10.1. The summed E-state index contributed by atoms with van der Waals surface area (Å²) in [4.78, 5) is 10.6. The molecule has 0 amide bonds. The molecule has 82 valence electrons. The Morgan fingerprint density at radius 1 is 1.47 bits per heavy atom. The molecule has 0 aromatic heterocycles. The third-order valence-corrected chi connectivity index (χ3v) is 2.64. The molecule has 0 fully saturated rings. The van der Waals surface area contributed by atoms with Gasteiger partial charge in [-0.2, -0.15) is 0 Å². The Bertz CT molecular complexity index is 392. The highest BCUT2D eigenvalue weighted by Gasteiger charge is 2.24. The molecule has 4 nitrogen and oxygen atoms in total. The number of hydrogen-bond acceptors (Lipinski definition) is 3. The molecule has 0 radical (unpaired) electrons. The summed E-state index contributed by atoms with van der Waals surface area (Å²) in [5, 5.41) is 18.2. The fraction of sp³-hybridized carbons (Fsp3) is 0.222. The summed E-state index contributed by atoms with van der Waals surface area (Å²) in [6, 6.07) is 2.90. The molecule has 0 aliphatic carbocycles. The number of halogens is 2. The highest BCUT2D eigenvalue weighted by molar-refractivity contribution is 6.42. The SMILES string of the molecule is COc1ccc(Cl)c(Cl)c1C(O)C(=O)O. The van der Waals surface area contributed by atoms with Crippen LogP contribution < -0.4 is 4.74 Å². The number of benzene rings is 1. The monoisotopic (exact) mass is 250 g/mol. The molecule has 0 aliphatic rings. The van der Waals surface area contributed by atoms with Gasteiger partial charge in [-0.3, -0.25) is 0 Å². The fourth-order valence-corrected chi connectivity index (χ4v) is 1.53. The molecule has 1 aromatic rings. The molecule has 0 bridgehead atoms. The van der Waals surface area contributed by atoms with Crippen molar-refractivity contribution < 1.29 is 19.7 Å². The zero-order valence-corrected chi connectivity index (χ0v) is 9.21. The number of carbonyl (C=O) groups is 1. The Labute approximate surface area is 96.0 Å². The summed E-state index contributed by atoms with van der Waals surface area (Å²) in [6.45, 7) is 0. The number of carboxylic acid groups (broad SMARTS) is 1. The van der Waals surface area contributed by atoms with Crippen molar-refractivity contribution in [3.05, 3.63) is 27.7 Å². The van der Waals surface area contributed by atoms with Gasteiger partial charge in [0.25, 0.3) is 0 Å². The Kier molecular flexibility index (Phi) is 3.79. The van der Waals surface area contributed by atoms with Crippen molar-refractivity contribution in [3.8, 4) is 5.75 Å². The highest BCUT2D eigenvalue weighted by atomic mass is 35.5. The van der Waals surface area contributed by atoms with Gasteiger partial charge in [-0.15, -0.1) is 0 Å². The smallest absolute Gasteiger partial charge is 0.337 e. The Morgan fingerprint density at radius 2 is 2.07 bits per heavy atom. The maximum absolute atomic E-state index is 10.6. The van der Waals surface area contributed by atoms with Gasteiger partial charge in [-0.1, -0.05) is 23.2 Å². The summed E-state index contributed by atoms with van der Waals surface area (Å²) in [6.07, 6.45) is -1.76. The van der Waals surface area contributed by atoms with Crippen molar-refractivity contribution >= 4 is 29.2 Å². The second-order valence-electron chi connectivity index (χ2n) is 2.72. The van der Waals surface area contributed by atoms with Gasteiger partial charge in [0.05, 0.1) is 22.7 Å². The number of aliphatic hydroxyl groups excluding tert-OH is 1. The molecule has 0 aliphatic heterocycles. The maximum atomic E-state index is 10.6. The number of aliphatic hydroxyl groups is 1. The number of methoxy groups -OCH3 is 1. The number of rotatable bonds is 3. The van der Waals surface area contributed by atoms with Crippen LogP contribution >= 0.6 is 23.2 Å². The normalized spacial score (nSPS) is 12.3. The maximum Gasteiger partial charge on any atom is 0.337 e. The summed E-state index contributed by atoms with van der Waals surface area (Å²) in [7, 11) is 1.34. The first-order valence-electron chi connectivity index (χ1n) is 3.91. The van der Waals surface area contributed by atoms with Crippen LogP contribution in [0.15, 0.2) is 12.1 Å². The predicted molar refractivity (Wildman–Crippen MR) is 55.6 cm³/mol. The lowest BCUT2D eigenvalue weighted by molar-refractivity contribution is -0.147. The third-order valence-electron chi connectivity index (χ3n) is 1.82. The average Bonchev–Trinajstić information content (AvgIpc) is 2.20. The highest BCUT2D eigenvalue weighted by Crippen LogP contribution is 2.37. The zero-order valence-electron chi connectivity index (χ0n) is 7.70. The molecule has 2 N–H and O–H groups in total.